The first-order valence-corrected chi connectivity index (χ1v) is 7.04. The zero-order chi connectivity index (χ0) is 13.9. The maximum absolute atomic E-state index is 6.23. The van der Waals surface area contributed by atoms with Crippen LogP contribution in [-0.2, 0) is 6.54 Å². The Morgan fingerprint density at radius 3 is 2.50 bits per heavy atom. The van der Waals surface area contributed by atoms with Crippen molar-refractivity contribution < 1.29 is 0 Å². The molecule has 3 heteroatoms. The fourth-order valence-electron chi connectivity index (χ4n) is 2.49. The molecule has 0 bridgehead atoms. The molecule has 3 nitrogen and oxygen atoms in total. The van der Waals surface area contributed by atoms with Crippen LogP contribution >= 0.6 is 0 Å². The van der Waals surface area contributed by atoms with Crippen LogP contribution in [0.4, 0.5) is 0 Å². The summed E-state index contributed by atoms with van der Waals surface area (Å²) in [6, 6.07) is 18.6. The summed E-state index contributed by atoms with van der Waals surface area (Å²) in [4.78, 5) is 4.72. The van der Waals surface area contributed by atoms with E-state index in [-0.39, 0.29) is 6.04 Å². The minimum atomic E-state index is -0.0221. The van der Waals surface area contributed by atoms with Gasteiger partial charge in [0.2, 0.25) is 0 Å². The maximum atomic E-state index is 6.23. The van der Waals surface area contributed by atoms with Gasteiger partial charge in [0.1, 0.15) is 5.82 Å². The molecule has 3 rings (SSSR count). The van der Waals surface area contributed by atoms with Crippen molar-refractivity contribution in [2.24, 2.45) is 5.73 Å². The number of nitrogens with two attached hydrogens (primary N) is 1. The lowest BCUT2D eigenvalue weighted by molar-refractivity contribution is 0.605. The highest BCUT2D eigenvalue weighted by Gasteiger charge is 2.15. The molecule has 1 unspecified atom stereocenters. The van der Waals surface area contributed by atoms with E-state index < -0.39 is 0 Å². The third-order valence-corrected chi connectivity index (χ3v) is 3.64. The Balaban J connectivity index is 2.11. The minimum Gasteiger partial charge on any atom is -0.322 e. The van der Waals surface area contributed by atoms with Gasteiger partial charge in [0.05, 0.1) is 17.1 Å². The van der Waals surface area contributed by atoms with Crippen LogP contribution in [0.1, 0.15) is 30.8 Å². The second-order valence-electron chi connectivity index (χ2n) is 5.05. The van der Waals surface area contributed by atoms with Crippen molar-refractivity contribution in [3.63, 3.8) is 0 Å². The monoisotopic (exact) mass is 265 g/mol. The third-order valence-electron chi connectivity index (χ3n) is 3.64. The van der Waals surface area contributed by atoms with Crippen LogP contribution in [-0.4, -0.2) is 9.55 Å². The quantitative estimate of drug-likeness (QED) is 0.784. The number of para-hydroxylation sites is 2. The first kappa shape index (κ1) is 12.9. The van der Waals surface area contributed by atoms with Crippen LogP contribution in [0.5, 0.6) is 0 Å². The molecule has 0 amide bonds. The fraction of sp³-hybridized carbons (Fsp3) is 0.235. The Morgan fingerprint density at radius 2 is 1.75 bits per heavy atom. The Labute approximate surface area is 119 Å². The molecular weight excluding hydrogens is 246 g/mol. The highest BCUT2D eigenvalue weighted by Crippen LogP contribution is 2.22. The molecule has 20 heavy (non-hydrogen) atoms. The topological polar surface area (TPSA) is 43.8 Å². The standard InChI is InChI=1S/C17H19N3/c1-2-14(18)17-19-15-10-6-7-11-16(15)20(17)12-13-8-4-3-5-9-13/h3-11,14H,2,12,18H2,1H3. The van der Waals surface area contributed by atoms with Gasteiger partial charge in [-0.2, -0.15) is 0 Å². The molecule has 1 aromatic heterocycles. The molecule has 0 aliphatic carbocycles. The lowest BCUT2D eigenvalue weighted by Crippen LogP contribution is -2.16. The molecule has 0 fully saturated rings. The number of aromatic nitrogens is 2. The summed E-state index contributed by atoms with van der Waals surface area (Å²) < 4.78 is 2.23. The zero-order valence-electron chi connectivity index (χ0n) is 11.7. The van der Waals surface area contributed by atoms with Crippen molar-refractivity contribution >= 4 is 11.0 Å². The number of hydrogen-bond donors (Lipinski definition) is 1. The molecule has 0 saturated carbocycles. The van der Waals surface area contributed by atoms with E-state index >= 15 is 0 Å². The van der Waals surface area contributed by atoms with Gasteiger partial charge < -0.3 is 10.3 Å². The number of imidazole rings is 1. The molecule has 3 aromatic rings. The van der Waals surface area contributed by atoms with E-state index in [0.717, 1.165) is 29.8 Å². The van der Waals surface area contributed by atoms with Gasteiger partial charge in [-0.1, -0.05) is 49.4 Å². The molecule has 0 saturated heterocycles. The van der Waals surface area contributed by atoms with Crippen LogP contribution in [0.25, 0.3) is 11.0 Å². The predicted octanol–water partition coefficient (Wildman–Crippen LogP) is 3.49. The Hall–Kier alpha value is -2.13. The van der Waals surface area contributed by atoms with Crippen LogP contribution in [0.2, 0.25) is 0 Å². The van der Waals surface area contributed by atoms with Crippen LogP contribution in [0, 0.1) is 0 Å². The summed E-state index contributed by atoms with van der Waals surface area (Å²) in [6.45, 7) is 2.90. The average molecular weight is 265 g/mol. The van der Waals surface area contributed by atoms with Gasteiger partial charge in [0, 0.05) is 6.54 Å². The summed E-state index contributed by atoms with van der Waals surface area (Å²) >= 11 is 0. The minimum absolute atomic E-state index is 0.0221. The maximum Gasteiger partial charge on any atom is 0.127 e. The van der Waals surface area contributed by atoms with Gasteiger partial charge in [-0.15, -0.1) is 0 Å². The van der Waals surface area contributed by atoms with Crippen molar-refractivity contribution in [1.29, 1.82) is 0 Å². The highest BCUT2D eigenvalue weighted by atomic mass is 15.1. The second kappa shape index (κ2) is 5.47. The molecule has 2 N–H and O–H groups in total. The molecule has 0 radical (unpaired) electrons. The van der Waals surface area contributed by atoms with E-state index in [4.69, 9.17) is 10.7 Å². The van der Waals surface area contributed by atoms with Gasteiger partial charge in [-0.25, -0.2) is 4.98 Å². The zero-order valence-corrected chi connectivity index (χ0v) is 11.7. The summed E-state index contributed by atoms with van der Waals surface area (Å²) in [5.74, 6) is 0.970. The molecule has 102 valence electrons. The summed E-state index contributed by atoms with van der Waals surface area (Å²) in [6.07, 6.45) is 0.887. The molecular formula is C17H19N3. The molecule has 1 heterocycles. The number of nitrogens with zero attached hydrogens (tertiary/aromatic N) is 2. The van der Waals surface area contributed by atoms with Crippen LogP contribution in [0.3, 0.4) is 0 Å². The number of hydrogen-bond acceptors (Lipinski definition) is 2. The van der Waals surface area contributed by atoms with E-state index in [1.807, 2.05) is 24.3 Å². The first-order chi connectivity index (χ1) is 9.79. The summed E-state index contributed by atoms with van der Waals surface area (Å²) in [5, 5.41) is 0. The number of benzene rings is 2. The molecule has 0 spiro atoms. The Kier molecular flexibility index (Phi) is 3.52. The van der Waals surface area contributed by atoms with Crippen molar-refractivity contribution in [2.45, 2.75) is 25.9 Å². The Bertz CT molecular complexity index is 701. The van der Waals surface area contributed by atoms with Gasteiger partial charge >= 0.3 is 0 Å². The summed E-state index contributed by atoms with van der Waals surface area (Å²) in [7, 11) is 0. The molecule has 0 aliphatic heterocycles. The lowest BCUT2D eigenvalue weighted by Gasteiger charge is -2.13. The smallest absolute Gasteiger partial charge is 0.127 e. The van der Waals surface area contributed by atoms with E-state index in [0.29, 0.717) is 0 Å². The molecule has 0 aliphatic rings. The molecule has 2 aromatic carbocycles. The van der Waals surface area contributed by atoms with Crippen LogP contribution < -0.4 is 5.73 Å². The predicted molar refractivity (Wildman–Crippen MR) is 82.5 cm³/mol. The van der Waals surface area contributed by atoms with E-state index in [1.165, 1.54) is 5.56 Å². The lowest BCUT2D eigenvalue weighted by atomic mass is 10.2. The van der Waals surface area contributed by atoms with Crippen molar-refractivity contribution in [2.75, 3.05) is 0 Å². The van der Waals surface area contributed by atoms with Gasteiger partial charge in [-0.05, 0) is 24.1 Å². The summed E-state index contributed by atoms with van der Waals surface area (Å²) in [5.41, 5.74) is 9.66. The largest absolute Gasteiger partial charge is 0.322 e. The van der Waals surface area contributed by atoms with E-state index in [9.17, 15) is 0 Å². The van der Waals surface area contributed by atoms with Gasteiger partial charge in [-0.3, -0.25) is 0 Å². The first-order valence-electron chi connectivity index (χ1n) is 7.04. The van der Waals surface area contributed by atoms with Crippen molar-refractivity contribution in [3.8, 4) is 0 Å². The van der Waals surface area contributed by atoms with Crippen molar-refractivity contribution in [3.05, 3.63) is 66.0 Å². The number of fused-ring (bicyclic) bond motifs is 1. The third kappa shape index (κ3) is 2.32. The average Bonchev–Trinajstić information content (AvgIpc) is 2.86. The van der Waals surface area contributed by atoms with Crippen LogP contribution in [0.15, 0.2) is 54.6 Å². The fourth-order valence-corrected chi connectivity index (χ4v) is 2.49. The Morgan fingerprint density at radius 1 is 1.05 bits per heavy atom. The molecule has 1 atom stereocenters. The second-order valence-corrected chi connectivity index (χ2v) is 5.05. The SMILES string of the molecule is CCC(N)c1nc2ccccc2n1Cc1ccccc1. The highest BCUT2D eigenvalue weighted by molar-refractivity contribution is 5.76. The van der Waals surface area contributed by atoms with E-state index in [2.05, 4.69) is 41.8 Å². The number of rotatable bonds is 4. The van der Waals surface area contributed by atoms with Crippen molar-refractivity contribution in [1.82, 2.24) is 9.55 Å². The normalized spacial score (nSPS) is 12.7. The van der Waals surface area contributed by atoms with E-state index in [1.54, 1.807) is 0 Å². The van der Waals surface area contributed by atoms with Gasteiger partial charge in [0.25, 0.3) is 0 Å². The van der Waals surface area contributed by atoms with Gasteiger partial charge in [0.15, 0.2) is 0 Å².